The Labute approximate surface area is 113 Å². The molecule has 0 aliphatic rings. The van der Waals surface area contributed by atoms with Crippen LogP contribution in [0.3, 0.4) is 0 Å². The number of pyridine rings is 1. The number of aryl methyl sites for hydroxylation is 1. The van der Waals surface area contributed by atoms with Crippen molar-refractivity contribution in [2.24, 2.45) is 0 Å². The van der Waals surface area contributed by atoms with Crippen LogP contribution in [0.2, 0.25) is 0 Å². The minimum absolute atomic E-state index is 0.455. The number of hydrogen-bond donors (Lipinski definition) is 0. The summed E-state index contributed by atoms with van der Waals surface area (Å²) in [6.07, 6.45) is 1.51. The van der Waals surface area contributed by atoms with Gasteiger partial charge in [0.15, 0.2) is 0 Å². The highest BCUT2D eigenvalue weighted by Gasteiger charge is 2.06. The fraction of sp³-hybridized carbons (Fsp3) is 0.250. The smallest absolute Gasteiger partial charge is 0.219 e. The van der Waals surface area contributed by atoms with E-state index in [4.69, 9.17) is 10.00 Å². The van der Waals surface area contributed by atoms with Crippen LogP contribution >= 0.6 is 0 Å². The van der Waals surface area contributed by atoms with Gasteiger partial charge in [0.1, 0.15) is 11.8 Å². The summed E-state index contributed by atoms with van der Waals surface area (Å²) in [6, 6.07) is 11.6. The Balaban J connectivity index is 2.27. The highest BCUT2D eigenvalue weighted by atomic mass is 16.5. The molecule has 2 rings (SSSR count). The molecule has 19 heavy (non-hydrogen) atoms. The van der Waals surface area contributed by atoms with Gasteiger partial charge in [0, 0.05) is 12.3 Å². The van der Waals surface area contributed by atoms with Crippen molar-refractivity contribution in [2.45, 2.75) is 26.7 Å². The monoisotopic (exact) mass is 252 g/mol. The lowest BCUT2D eigenvalue weighted by Crippen LogP contribution is -1.94. The molecule has 1 aromatic heterocycles. The zero-order valence-electron chi connectivity index (χ0n) is 11.3. The van der Waals surface area contributed by atoms with Crippen LogP contribution in [-0.2, 0) is 0 Å². The summed E-state index contributed by atoms with van der Waals surface area (Å²) < 4.78 is 5.78. The molecule has 0 saturated carbocycles. The normalized spacial score (nSPS) is 10.3. The van der Waals surface area contributed by atoms with Crippen molar-refractivity contribution in [3.63, 3.8) is 0 Å². The van der Waals surface area contributed by atoms with Gasteiger partial charge in [0.05, 0.1) is 5.56 Å². The van der Waals surface area contributed by atoms with E-state index >= 15 is 0 Å². The van der Waals surface area contributed by atoms with Crippen molar-refractivity contribution in [2.75, 3.05) is 0 Å². The van der Waals surface area contributed by atoms with E-state index in [1.807, 2.05) is 25.1 Å². The Bertz CT molecular complexity index is 610. The fourth-order valence-electron chi connectivity index (χ4n) is 1.71. The zero-order chi connectivity index (χ0) is 13.8. The number of aromatic nitrogens is 1. The van der Waals surface area contributed by atoms with Crippen LogP contribution in [0.1, 0.15) is 36.5 Å². The number of nitriles is 1. The Kier molecular flexibility index (Phi) is 3.82. The molecule has 0 saturated heterocycles. The molecular weight excluding hydrogens is 236 g/mol. The molecule has 1 heterocycles. The maximum Gasteiger partial charge on any atom is 0.219 e. The van der Waals surface area contributed by atoms with Gasteiger partial charge in [-0.3, -0.25) is 0 Å². The van der Waals surface area contributed by atoms with Gasteiger partial charge in [-0.15, -0.1) is 0 Å². The van der Waals surface area contributed by atoms with E-state index in [2.05, 4.69) is 24.9 Å². The number of ether oxygens (including phenoxy) is 1. The van der Waals surface area contributed by atoms with Gasteiger partial charge in [0.2, 0.25) is 5.88 Å². The number of benzene rings is 1. The largest absolute Gasteiger partial charge is 0.439 e. The van der Waals surface area contributed by atoms with Crippen LogP contribution in [0.5, 0.6) is 11.6 Å². The third kappa shape index (κ3) is 3.11. The van der Waals surface area contributed by atoms with E-state index in [0.717, 1.165) is 11.3 Å². The lowest BCUT2D eigenvalue weighted by atomic mass is 10.0. The van der Waals surface area contributed by atoms with E-state index < -0.39 is 0 Å². The van der Waals surface area contributed by atoms with Crippen molar-refractivity contribution in [3.05, 3.63) is 53.2 Å². The van der Waals surface area contributed by atoms with Crippen molar-refractivity contribution in [3.8, 4) is 17.7 Å². The van der Waals surface area contributed by atoms with E-state index in [0.29, 0.717) is 17.4 Å². The summed E-state index contributed by atoms with van der Waals surface area (Å²) in [5.41, 5.74) is 2.82. The first kappa shape index (κ1) is 13.1. The summed E-state index contributed by atoms with van der Waals surface area (Å²) in [4.78, 5) is 4.12. The topological polar surface area (TPSA) is 45.9 Å². The fourth-order valence-corrected chi connectivity index (χ4v) is 1.71. The molecule has 0 bridgehead atoms. The number of hydrogen-bond acceptors (Lipinski definition) is 3. The highest BCUT2D eigenvalue weighted by molar-refractivity contribution is 5.40. The predicted octanol–water partition coefficient (Wildman–Crippen LogP) is 4.18. The molecule has 0 spiro atoms. The molecular formula is C16H16N2O. The minimum atomic E-state index is 0.455. The molecule has 0 aliphatic carbocycles. The Morgan fingerprint density at radius 3 is 2.58 bits per heavy atom. The predicted molar refractivity (Wildman–Crippen MR) is 74.3 cm³/mol. The van der Waals surface area contributed by atoms with Crippen molar-refractivity contribution in [1.82, 2.24) is 4.98 Å². The van der Waals surface area contributed by atoms with Crippen LogP contribution in [0.25, 0.3) is 0 Å². The summed E-state index contributed by atoms with van der Waals surface area (Å²) in [7, 11) is 0. The summed E-state index contributed by atoms with van der Waals surface area (Å²) in [6.45, 7) is 6.30. The maximum absolute atomic E-state index is 8.73. The molecule has 2 aromatic rings. The van der Waals surface area contributed by atoms with E-state index in [9.17, 15) is 0 Å². The van der Waals surface area contributed by atoms with Crippen LogP contribution in [0, 0.1) is 18.3 Å². The summed E-state index contributed by atoms with van der Waals surface area (Å²) >= 11 is 0. The lowest BCUT2D eigenvalue weighted by Gasteiger charge is -2.11. The Morgan fingerprint density at radius 1 is 1.21 bits per heavy atom. The number of rotatable bonds is 3. The quantitative estimate of drug-likeness (QED) is 0.823. The molecule has 0 aliphatic heterocycles. The van der Waals surface area contributed by atoms with Crippen LogP contribution in [0.15, 0.2) is 36.5 Å². The van der Waals surface area contributed by atoms with Gasteiger partial charge in [-0.1, -0.05) is 26.0 Å². The van der Waals surface area contributed by atoms with E-state index in [1.165, 1.54) is 11.8 Å². The van der Waals surface area contributed by atoms with Crippen LogP contribution in [0.4, 0.5) is 0 Å². The third-order valence-corrected chi connectivity index (χ3v) is 2.96. The molecule has 0 N–H and O–H groups in total. The lowest BCUT2D eigenvalue weighted by molar-refractivity contribution is 0.458. The van der Waals surface area contributed by atoms with Crippen LogP contribution < -0.4 is 4.74 Å². The summed E-state index contributed by atoms with van der Waals surface area (Å²) in [5.74, 6) is 1.77. The second-order valence-electron chi connectivity index (χ2n) is 4.78. The molecule has 0 unspecified atom stereocenters. The van der Waals surface area contributed by atoms with Gasteiger partial charge in [-0.05, 0) is 36.1 Å². The van der Waals surface area contributed by atoms with E-state index in [1.54, 1.807) is 12.1 Å². The SMILES string of the molecule is Cc1ccc(C(C)C)cc1Oc1ccc(C#N)cn1. The first-order chi connectivity index (χ1) is 9.10. The second-order valence-corrected chi connectivity index (χ2v) is 4.78. The van der Waals surface area contributed by atoms with Crippen molar-refractivity contribution >= 4 is 0 Å². The van der Waals surface area contributed by atoms with Crippen molar-refractivity contribution in [1.29, 1.82) is 5.26 Å². The Hall–Kier alpha value is -2.34. The van der Waals surface area contributed by atoms with Crippen molar-refractivity contribution < 1.29 is 4.74 Å². The molecule has 0 amide bonds. The van der Waals surface area contributed by atoms with Gasteiger partial charge >= 0.3 is 0 Å². The molecule has 3 heteroatoms. The molecule has 96 valence electrons. The number of nitrogens with zero attached hydrogens (tertiary/aromatic N) is 2. The second kappa shape index (κ2) is 5.53. The van der Waals surface area contributed by atoms with Gasteiger partial charge in [-0.25, -0.2) is 4.98 Å². The highest BCUT2D eigenvalue weighted by Crippen LogP contribution is 2.27. The standard InChI is InChI=1S/C16H16N2O/c1-11(2)14-6-4-12(3)15(8-14)19-16-7-5-13(9-17)10-18-16/h4-8,10-11H,1-3H3. The molecule has 0 fully saturated rings. The van der Waals surface area contributed by atoms with Gasteiger partial charge < -0.3 is 4.74 Å². The average Bonchev–Trinajstić information content (AvgIpc) is 2.42. The molecule has 0 atom stereocenters. The molecule has 1 aromatic carbocycles. The molecule has 3 nitrogen and oxygen atoms in total. The minimum Gasteiger partial charge on any atom is -0.439 e. The Morgan fingerprint density at radius 2 is 2.00 bits per heavy atom. The van der Waals surface area contributed by atoms with Gasteiger partial charge in [0.25, 0.3) is 0 Å². The first-order valence-electron chi connectivity index (χ1n) is 6.24. The third-order valence-electron chi connectivity index (χ3n) is 2.96. The van der Waals surface area contributed by atoms with Crippen LogP contribution in [-0.4, -0.2) is 4.98 Å². The molecule has 0 radical (unpaired) electrons. The van der Waals surface area contributed by atoms with Gasteiger partial charge in [-0.2, -0.15) is 5.26 Å². The average molecular weight is 252 g/mol. The van der Waals surface area contributed by atoms with E-state index in [-0.39, 0.29) is 0 Å². The maximum atomic E-state index is 8.73. The zero-order valence-corrected chi connectivity index (χ0v) is 11.3. The summed E-state index contributed by atoms with van der Waals surface area (Å²) in [5, 5.41) is 8.73. The first-order valence-corrected chi connectivity index (χ1v) is 6.24.